The number of rotatable bonds is 5. The fraction of sp³-hybridized carbons (Fsp3) is 0.538. The van der Waals surface area contributed by atoms with Crippen LogP contribution in [0.4, 0.5) is 4.39 Å². The first-order chi connectivity index (χ1) is 8.86. The number of hydrogen-bond donors (Lipinski definition) is 1. The minimum Gasteiger partial charge on any atom is -0.384 e. The average Bonchev–Trinajstić information content (AvgIpc) is 3.00. The Morgan fingerprint density at radius 3 is 2.37 bits per heavy atom. The van der Waals surface area contributed by atoms with Crippen LogP contribution in [0.3, 0.4) is 0 Å². The van der Waals surface area contributed by atoms with E-state index in [1.54, 1.807) is 12.1 Å². The zero-order valence-electron chi connectivity index (χ0n) is 11.0. The Morgan fingerprint density at radius 1 is 1.37 bits per heavy atom. The topological polar surface area (TPSA) is 69.4 Å². The van der Waals surface area contributed by atoms with E-state index in [1.807, 2.05) is 0 Å². The lowest BCUT2D eigenvalue weighted by Gasteiger charge is -2.14. The molecule has 1 aliphatic rings. The van der Waals surface area contributed by atoms with E-state index in [2.05, 4.69) is 0 Å². The molecule has 1 fully saturated rings. The van der Waals surface area contributed by atoms with Crippen molar-refractivity contribution in [2.24, 2.45) is 11.1 Å². The summed E-state index contributed by atoms with van der Waals surface area (Å²) in [7, 11) is -1.71. The van der Waals surface area contributed by atoms with Crippen molar-refractivity contribution >= 4 is 9.84 Å². The summed E-state index contributed by atoms with van der Waals surface area (Å²) < 4.78 is 41.9. The molecule has 0 amide bonds. The summed E-state index contributed by atoms with van der Waals surface area (Å²) in [5.74, 6) is -0.571. The molecule has 0 spiro atoms. The van der Waals surface area contributed by atoms with Crippen molar-refractivity contribution in [1.29, 1.82) is 0 Å². The number of ether oxygens (including phenoxy) is 1. The summed E-state index contributed by atoms with van der Waals surface area (Å²) in [6.07, 6.45) is 1.21. The van der Waals surface area contributed by atoms with Gasteiger partial charge >= 0.3 is 0 Å². The number of halogens is 1. The molecule has 3 atom stereocenters. The van der Waals surface area contributed by atoms with Crippen molar-refractivity contribution in [3.63, 3.8) is 0 Å². The van der Waals surface area contributed by atoms with E-state index in [9.17, 15) is 12.8 Å². The van der Waals surface area contributed by atoms with Crippen LogP contribution in [0.5, 0.6) is 0 Å². The number of nitrogens with two attached hydrogens (primary N) is 1. The lowest BCUT2D eigenvalue weighted by Crippen LogP contribution is -2.28. The first kappa shape index (κ1) is 14.4. The highest BCUT2D eigenvalue weighted by Gasteiger charge is 2.69. The predicted octanol–water partition coefficient (Wildman–Crippen LogP) is 0.928. The second-order valence-electron chi connectivity index (χ2n) is 5.15. The molecule has 2 N–H and O–H groups in total. The van der Waals surface area contributed by atoms with Crippen LogP contribution < -0.4 is 5.73 Å². The SMILES string of the molecule is COC[C@]1(CN)[C@@H](c2ccc(F)cc2)[C@@H]1S(C)(=O)=O. The van der Waals surface area contributed by atoms with Crippen molar-refractivity contribution in [3.8, 4) is 0 Å². The van der Waals surface area contributed by atoms with Crippen LogP contribution in [-0.2, 0) is 14.6 Å². The Bertz CT molecular complexity index is 558. The van der Waals surface area contributed by atoms with E-state index in [-0.39, 0.29) is 24.9 Å². The van der Waals surface area contributed by atoms with Crippen molar-refractivity contribution in [2.45, 2.75) is 11.2 Å². The van der Waals surface area contributed by atoms with Crippen LogP contribution in [0, 0.1) is 11.2 Å². The van der Waals surface area contributed by atoms with Gasteiger partial charge in [0, 0.05) is 31.2 Å². The fourth-order valence-electron chi connectivity index (χ4n) is 3.05. The largest absolute Gasteiger partial charge is 0.384 e. The maximum atomic E-state index is 13.0. The first-order valence-corrected chi connectivity index (χ1v) is 7.95. The van der Waals surface area contributed by atoms with Gasteiger partial charge in [0.25, 0.3) is 0 Å². The Balaban J connectivity index is 2.40. The molecule has 1 aliphatic carbocycles. The summed E-state index contributed by atoms with van der Waals surface area (Å²) >= 11 is 0. The van der Waals surface area contributed by atoms with Crippen LogP contribution in [0.25, 0.3) is 0 Å². The maximum Gasteiger partial charge on any atom is 0.151 e. The standard InChI is InChI=1S/C13H18FNO3S/c1-18-8-13(7-15)11(12(13)19(2,16)17)9-3-5-10(14)6-4-9/h3-6,11-12H,7-8,15H2,1-2H3/t11-,12-,13+/m0/s1. The van der Waals surface area contributed by atoms with Gasteiger partial charge in [0.2, 0.25) is 0 Å². The Labute approximate surface area is 112 Å². The van der Waals surface area contributed by atoms with Crippen LogP contribution in [0.1, 0.15) is 11.5 Å². The quantitative estimate of drug-likeness (QED) is 0.874. The molecule has 1 saturated carbocycles. The average molecular weight is 287 g/mol. The fourth-order valence-corrected chi connectivity index (χ4v) is 5.05. The molecule has 0 aliphatic heterocycles. The Hall–Kier alpha value is -0.980. The number of hydrogen-bond acceptors (Lipinski definition) is 4. The highest BCUT2D eigenvalue weighted by atomic mass is 32.2. The number of benzene rings is 1. The molecule has 106 valence electrons. The summed E-state index contributed by atoms with van der Waals surface area (Å²) in [6.45, 7) is 0.504. The third-order valence-electron chi connectivity index (χ3n) is 3.86. The van der Waals surface area contributed by atoms with E-state index in [4.69, 9.17) is 10.5 Å². The molecule has 1 aromatic rings. The van der Waals surface area contributed by atoms with E-state index < -0.39 is 20.5 Å². The molecule has 0 aromatic heterocycles. The molecule has 1 aromatic carbocycles. The third-order valence-corrected chi connectivity index (χ3v) is 5.53. The number of sulfone groups is 1. The van der Waals surface area contributed by atoms with E-state index in [1.165, 1.54) is 25.5 Å². The van der Waals surface area contributed by atoms with Crippen molar-refractivity contribution in [1.82, 2.24) is 0 Å². The molecule has 0 saturated heterocycles. The highest BCUT2D eigenvalue weighted by molar-refractivity contribution is 7.91. The van der Waals surface area contributed by atoms with Crippen LogP contribution >= 0.6 is 0 Å². The van der Waals surface area contributed by atoms with Crippen molar-refractivity contribution < 1.29 is 17.5 Å². The van der Waals surface area contributed by atoms with Gasteiger partial charge < -0.3 is 10.5 Å². The highest BCUT2D eigenvalue weighted by Crippen LogP contribution is 2.62. The lowest BCUT2D eigenvalue weighted by atomic mass is 10.00. The van der Waals surface area contributed by atoms with Gasteiger partial charge in [0.05, 0.1) is 11.9 Å². The predicted molar refractivity (Wildman–Crippen MR) is 71.1 cm³/mol. The lowest BCUT2D eigenvalue weighted by molar-refractivity contribution is 0.142. The molecular weight excluding hydrogens is 269 g/mol. The molecule has 0 bridgehead atoms. The summed E-state index contributed by atoms with van der Waals surface area (Å²) in [5.41, 5.74) is 5.98. The second kappa shape index (κ2) is 4.85. The smallest absolute Gasteiger partial charge is 0.151 e. The van der Waals surface area contributed by atoms with Gasteiger partial charge in [-0.2, -0.15) is 0 Å². The van der Waals surface area contributed by atoms with Crippen molar-refractivity contribution in [3.05, 3.63) is 35.6 Å². The van der Waals surface area contributed by atoms with Gasteiger partial charge in [-0.05, 0) is 17.7 Å². The number of methoxy groups -OCH3 is 1. The zero-order valence-corrected chi connectivity index (χ0v) is 11.8. The molecule has 2 rings (SSSR count). The molecular formula is C13H18FNO3S. The molecule has 0 heterocycles. The van der Waals surface area contributed by atoms with E-state index >= 15 is 0 Å². The van der Waals surface area contributed by atoms with Crippen LogP contribution in [0.15, 0.2) is 24.3 Å². The van der Waals surface area contributed by atoms with Crippen LogP contribution in [0.2, 0.25) is 0 Å². The monoisotopic (exact) mass is 287 g/mol. The molecule has 4 nitrogen and oxygen atoms in total. The minimum atomic E-state index is -3.23. The Kier molecular flexibility index (Phi) is 3.68. The molecule has 19 heavy (non-hydrogen) atoms. The zero-order chi connectivity index (χ0) is 14.3. The van der Waals surface area contributed by atoms with Gasteiger partial charge in [0.15, 0.2) is 9.84 Å². The normalized spacial score (nSPS) is 30.3. The molecule has 0 unspecified atom stereocenters. The maximum absolute atomic E-state index is 13.0. The third kappa shape index (κ3) is 2.40. The second-order valence-corrected chi connectivity index (χ2v) is 7.32. The summed E-state index contributed by atoms with van der Waals surface area (Å²) in [5, 5.41) is -0.560. The Morgan fingerprint density at radius 2 is 1.95 bits per heavy atom. The van der Waals surface area contributed by atoms with Crippen molar-refractivity contribution in [2.75, 3.05) is 26.5 Å². The van der Waals surface area contributed by atoms with E-state index in [0.717, 1.165) is 5.56 Å². The molecule has 0 radical (unpaired) electrons. The summed E-state index contributed by atoms with van der Waals surface area (Å²) in [6, 6.07) is 5.90. The van der Waals surface area contributed by atoms with Gasteiger partial charge in [-0.25, -0.2) is 12.8 Å². The van der Waals surface area contributed by atoms with Gasteiger partial charge in [-0.15, -0.1) is 0 Å². The minimum absolute atomic E-state index is 0.223. The van der Waals surface area contributed by atoms with Gasteiger partial charge in [0.1, 0.15) is 5.82 Å². The summed E-state index contributed by atoms with van der Waals surface area (Å²) in [4.78, 5) is 0. The van der Waals surface area contributed by atoms with Gasteiger partial charge in [-0.1, -0.05) is 12.1 Å². The first-order valence-electron chi connectivity index (χ1n) is 6.00. The van der Waals surface area contributed by atoms with E-state index in [0.29, 0.717) is 0 Å². The molecule has 6 heteroatoms. The van der Waals surface area contributed by atoms with Gasteiger partial charge in [-0.3, -0.25) is 0 Å². The van der Waals surface area contributed by atoms with Crippen LogP contribution in [-0.4, -0.2) is 40.2 Å².